The fourth-order valence-electron chi connectivity index (χ4n) is 2.08. The van der Waals surface area contributed by atoms with Crippen LogP contribution in [-0.2, 0) is 18.5 Å². The van der Waals surface area contributed by atoms with Crippen molar-refractivity contribution in [2.45, 2.75) is 39.3 Å². The number of nitrogens with zero attached hydrogens (tertiary/aromatic N) is 3. The van der Waals surface area contributed by atoms with Crippen molar-refractivity contribution in [3.8, 4) is 6.07 Å². The Bertz CT molecular complexity index is 805. The summed E-state index contributed by atoms with van der Waals surface area (Å²) in [6.07, 6.45) is 1.72. The molecule has 26 heavy (non-hydrogen) atoms. The number of nitrogens with one attached hydrogen (secondary N) is 2. The van der Waals surface area contributed by atoms with Crippen LogP contribution in [0.25, 0.3) is 0 Å². The van der Waals surface area contributed by atoms with Crippen LogP contribution in [-0.4, -0.2) is 18.0 Å². The highest BCUT2D eigenvalue weighted by Gasteiger charge is 2.19. The van der Waals surface area contributed by atoms with E-state index in [-0.39, 0.29) is 41.8 Å². The van der Waals surface area contributed by atoms with Gasteiger partial charge in [0.1, 0.15) is 11.6 Å². The second-order valence-corrected chi connectivity index (χ2v) is 6.57. The van der Waals surface area contributed by atoms with Gasteiger partial charge >= 0.3 is 0 Å². The van der Waals surface area contributed by atoms with Crippen molar-refractivity contribution in [3.63, 3.8) is 0 Å². The Morgan fingerprint density at radius 3 is 2.58 bits per heavy atom. The normalized spacial score (nSPS) is 11.5. The van der Waals surface area contributed by atoms with E-state index in [1.165, 1.54) is 18.2 Å². The predicted octanol–water partition coefficient (Wildman–Crippen LogP) is 3.47. The van der Waals surface area contributed by atoms with Crippen LogP contribution in [0.2, 0.25) is 0 Å². The molecule has 0 aliphatic rings. The number of nitriles is 1. The minimum atomic E-state index is -0.371. The molecule has 0 fully saturated rings. The SMILES string of the molecule is CN=C(NCc1ncc(C(C)(C)C)o1)NCc1cc(C#N)ccc1F.I. The van der Waals surface area contributed by atoms with Crippen LogP contribution in [0.4, 0.5) is 4.39 Å². The monoisotopic (exact) mass is 471 g/mol. The molecule has 2 aromatic rings. The Morgan fingerprint density at radius 2 is 2.00 bits per heavy atom. The van der Waals surface area contributed by atoms with Crippen molar-refractivity contribution in [2.24, 2.45) is 4.99 Å². The predicted molar refractivity (Wildman–Crippen MR) is 109 cm³/mol. The third-order valence-electron chi connectivity index (χ3n) is 3.54. The van der Waals surface area contributed by atoms with E-state index in [0.717, 1.165) is 5.76 Å². The number of oxazole rings is 1. The number of rotatable bonds is 4. The fraction of sp³-hybridized carbons (Fsp3) is 0.389. The van der Waals surface area contributed by atoms with E-state index in [1.807, 2.05) is 6.07 Å². The van der Waals surface area contributed by atoms with Crippen molar-refractivity contribution in [2.75, 3.05) is 7.05 Å². The second kappa shape index (κ2) is 9.52. The van der Waals surface area contributed by atoms with Gasteiger partial charge in [0, 0.05) is 24.6 Å². The maximum atomic E-state index is 13.8. The maximum Gasteiger partial charge on any atom is 0.213 e. The molecule has 0 saturated carbocycles. The first-order chi connectivity index (χ1) is 11.8. The molecule has 6 nitrogen and oxygen atoms in total. The molecule has 1 aromatic carbocycles. The molecule has 1 aromatic heterocycles. The number of hydrogen-bond donors (Lipinski definition) is 2. The van der Waals surface area contributed by atoms with Crippen molar-refractivity contribution >= 4 is 29.9 Å². The topological polar surface area (TPSA) is 86.2 Å². The molecule has 140 valence electrons. The van der Waals surface area contributed by atoms with Crippen LogP contribution in [0.15, 0.2) is 33.8 Å². The Labute approximate surface area is 169 Å². The van der Waals surface area contributed by atoms with Gasteiger partial charge in [-0.25, -0.2) is 9.37 Å². The number of aromatic nitrogens is 1. The van der Waals surface area contributed by atoms with E-state index < -0.39 is 0 Å². The van der Waals surface area contributed by atoms with Gasteiger partial charge in [0.15, 0.2) is 5.96 Å². The van der Waals surface area contributed by atoms with E-state index in [0.29, 0.717) is 29.5 Å². The summed E-state index contributed by atoms with van der Waals surface area (Å²) in [6, 6.07) is 6.24. The molecule has 0 bridgehead atoms. The number of hydrogen-bond acceptors (Lipinski definition) is 4. The molecule has 0 aliphatic carbocycles. The standard InChI is InChI=1S/C18H22FN5O.HI/c1-18(2,3)15-10-22-16(25-15)11-24-17(21-4)23-9-13-7-12(8-20)5-6-14(13)19;/h5-7,10H,9,11H2,1-4H3,(H2,21,23,24);1H. The molecule has 0 aliphatic heterocycles. The Balaban J connectivity index is 0.00000338. The first kappa shape index (κ1) is 21.9. The smallest absolute Gasteiger partial charge is 0.213 e. The van der Waals surface area contributed by atoms with Gasteiger partial charge < -0.3 is 15.1 Å². The second-order valence-electron chi connectivity index (χ2n) is 6.57. The van der Waals surface area contributed by atoms with Crippen molar-refractivity contribution in [3.05, 3.63) is 53.0 Å². The highest BCUT2D eigenvalue weighted by molar-refractivity contribution is 14.0. The van der Waals surface area contributed by atoms with E-state index in [2.05, 4.69) is 41.4 Å². The quantitative estimate of drug-likeness (QED) is 0.405. The minimum absolute atomic E-state index is 0. The van der Waals surface area contributed by atoms with E-state index in [4.69, 9.17) is 9.68 Å². The zero-order valence-corrected chi connectivity index (χ0v) is 17.6. The Kier molecular flexibility index (Phi) is 8.02. The molecular formula is C18H23FIN5O. The van der Waals surface area contributed by atoms with Gasteiger partial charge in [-0.1, -0.05) is 20.8 Å². The number of guanidine groups is 1. The van der Waals surface area contributed by atoms with Gasteiger partial charge in [0.05, 0.1) is 24.4 Å². The lowest BCUT2D eigenvalue weighted by atomic mass is 9.94. The largest absolute Gasteiger partial charge is 0.443 e. The van der Waals surface area contributed by atoms with Gasteiger partial charge in [-0.05, 0) is 18.2 Å². The minimum Gasteiger partial charge on any atom is -0.443 e. The summed E-state index contributed by atoms with van der Waals surface area (Å²) in [7, 11) is 1.62. The summed E-state index contributed by atoms with van der Waals surface area (Å²) in [5.41, 5.74) is 0.706. The molecular weight excluding hydrogens is 448 g/mol. The van der Waals surface area contributed by atoms with Crippen LogP contribution < -0.4 is 10.6 Å². The molecule has 0 radical (unpaired) electrons. The van der Waals surface area contributed by atoms with Crippen molar-refractivity contribution in [1.82, 2.24) is 15.6 Å². The first-order valence-corrected chi connectivity index (χ1v) is 7.91. The van der Waals surface area contributed by atoms with Crippen LogP contribution in [0.3, 0.4) is 0 Å². The first-order valence-electron chi connectivity index (χ1n) is 7.91. The number of benzene rings is 1. The summed E-state index contributed by atoms with van der Waals surface area (Å²) in [4.78, 5) is 8.32. The average Bonchev–Trinajstić information content (AvgIpc) is 3.05. The lowest BCUT2D eigenvalue weighted by molar-refractivity contribution is 0.379. The number of halogens is 2. The van der Waals surface area contributed by atoms with Gasteiger partial charge in [0.25, 0.3) is 0 Å². The molecule has 0 spiro atoms. The lowest BCUT2D eigenvalue weighted by Crippen LogP contribution is -2.36. The van der Waals surface area contributed by atoms with Crippen LogP contribution in [0, 0.1) is 17.1 Å². The number of aliphatic imine (C=N–C) groups is 1. The summed E-state index contributed by atoms with van der Waals surface area (Å²) in [5.74, 6) is 1.47. The summed E-state index contributed by atoms with van der Waals surface area (Å²) < 4.78 is 19.5. The van der Waals surface area contributed by atoms with Crippen molar-refractivity contribution < 1.29 is 8.81 Å². The summed E-state index contributed by atoms with van der Waals surface area (Å²) in [5, 5.41) is 15.0. The summed E-state index contributed by atoms with van der Waals surface area (Å²) >= 11 is 0. The fourth-order valence-corrected chi connectivity index (χ4v) is 2.08. The highest BCUT2D eigenvalue weighted by atomic mass is 127. The molecule has 2 N–H and O–H groups in total. The Morgan fingerprint density at radius 1 is 1.31 bits per heavy atom. The highest BCUT2D eigenvalue weighted by Crippen LogP contribution is 2.22. The molecule has 0 unspecified atom stereocenters. The molecule has 0 saturated heterocycles. The molecule has 1 heterocycles. The molecule has 2 rings (SSSR count). The zero-order chi connectivity index (χ0) is 18.4. The zero-order valence-electron chi connectivity index (χ0n) is 15.3. The average molecular weight is 471 g/mol. The van der Waals surface area contributed by atoms with Crippen molar-refractivity contribution in [1.29, 1.82) is 5.26 Å². The van der Waals surface area contributed by atoms with Gasteiger partial charge in [-0.3, -0.25) is 4.99 Å². The van der Waals surface area contributed by atoms with E-state index in [1.54, 1.807) is 13.2 Å². The lowest BCUT2D eigenvalue weighted by Gasteiger charge is -2.13. The molecule has 8 heteroatoms. The van der Waals surface area contributed by atoms with Crippen LogP contribution in [0.1, 0.15) is 43.5 Å². The van der Waals surface area contributed by atoms with E-state index >= 15 is 0 Å². The van der Waals surface area contributed by atoms with Gasteiger partial charge in [-0.15, -0.1) is 24.0 Å². The van der Waals surface area contributed by atoms with Gasteiger partial charge in [0.2, 0.25) is 5.89 Å². The maximum absolute atomic E-state index is 13.8. The molecule has 0 atom stereocenters. The molecule has 0 amide bonds. The van der Waals surface area contributed by atoms with Crippen LogP contribution in [0.5, 0.6) is 0 Å². The van der Waals surface area contributed by atoms with E-state index in [9.17, 15) is 4.39 Å². The van der Waals surface area contributed by atoms with Crippen LogP contribution >= 0.6 is 24.0 Å². The third kappa shape index (κ3) is 5.98. The third-order valence-corrected chi connectivity index (χ3v) is 3.54. The summed E-state index contributed by atoms with van der Waals surface area (Å²) in [6.45, 7) is 6.72. The Hall–Kier alpha value is -2.15. The van der Waals surface area contributed by atoms with Gasteiger partial charge in [-0.2, -0.15) is 5.26 Å².